The van der Waals surface area contributed by atoms with Crippen LogP contribution in [0, 0.1) is 5.92 Å². The number of carbonyl (C=O) groups is 1. The molecule has 0 spiro atoms. The first kappa shape index (κ1) is 13.4. The van der Waals surface area contributed by atoms with Crippen LogP contribution in [0.25, 0.3) is 0 Å². The Bertz CT molecular complexity index is 355. The zero-order valence-electron chi connectivity index (χ0n) is 9.51. The van der Waals surface area contributed by atoms with E-state index in [1.807, 2.05) is 6.92 Å². The molecule has 0 radical (unpaired) electrons. The maximum Gasteiger partial charge on any atom is 0.304 e. The summed E-state index contributed by atoms with van der Waals surface area (Å²) in [5.41, 5.74) is 0. The van der Waals surface area contributed by atoms with E-state index in [1.54, 1.807) is 0 Å². The molecule has 1 fully saturated rings. The molecule has 6 nitrogen and oxygen atoms in total. The van der Waals surface area contributed by atoms with Crippen LogP contribution in [0.5, 0.6) is 0 Å². The van der Waals surface area contributed by atoms with Gasteiger partial charge in [0.15, 0.2) is 0 Å². The van der Waals surface area contributed by atoms with Crippen molar-refractivity contribution >= 4 is 16.2 Å². The summed E-state index contributed by atoms with van der Waals surface area (Å²) in [5, 5.41) is 8.46. The summed E-state index contributed by atoms with van der Waals surface area (Å²) >= 11 is 0. The van der Waals surface area contributed by atoms with Crippen LogP contribution < -0.4 is 4.72 Å². The first-order valence-corrected chi connectivity index (χ1v) is 6.76. The maximum atomic E-state index is 11.7. The number of aliphatic carboxylic acids is 1. The van der Waals surface area contributed by atoms with E-state index >= 15 is 0 Å². The van der Waals surface area contributed by atoms with E-state index in [9.17, 15) is 13.2 Å². The van der Waals surface area contributed by atoms with Crippen molar-refractivity contribution in [2.45, 2.75) is 32.2 Å². The summed E-state index contributed by atoms with van der Waals surface area (Å²) in [6.07, 6.45) is 1.66. The summed E-state index contributed by atoms with van der Waals surface area (Å²) in [5.74, 6) is -0.567. The topological polar surface area (TPSA) is 86.7 Å². The second-order valence-corrected chi connectivity index (χ2v) is 5.91. The Balaban J connectivity index is 2.41. The van der Waals surface area contributed by atoms with Gasteiger partial charge in [0.2, 0.25) is 0 Å². The Kier molecular flexibility index (Phi) is 4.28. The number of hydrogen-bond acceptors (Lipinski definition) is 3. The third-order valence-corrected chi connectivity index (χ3v) is 4.40. The van der Waals surface area contributed by atoms with Crippen LogP contribution in [-0.2, 0) is 15.0 Å². The van der Waals surface area contributed by atoms with Gasteiger partial charge in [-0.3, -0.25) is 4.79 Å². The van der Waals surface area contributed by atoms with Crippen molar-refractivity contribution in [3.8, 4) is 0 Å². The highest BCUT2D eigenvalue weighted by atomic mass is 32.2. The number of nitrogens with zero attached hydrogens (tertiary/aromatic N) is 1. The van der Waals surface area contributed by atoms with Crippen LogP contribution in [0.4, 0.5) is 0 Å². The van der Waals surface area contributed by atoms with Gasteiger partial charge in [-0.15, -0.1) is 0 Å². The summed E-state index contributed by atoms with van der Waals surface area (Å²) in [7, 11) is -2.13. The SMILES string of the molecule is CCC1CC1NS(=O)(=O)N(C)CCC(=O)O. The highest BCUT2D eigenvalue weighted by Gasteiger charge is 2.39. The third kappa shape index (κ3) is 3.73. The monoisotopic (exact) mass is 250 g/mol. The van der Waals surface area contributed by atoms with Crippen molar-refractivity contribution in [3.63, 3.8) is 0 Å². The van der Waals surface area contributed by atoms with Gasteiger partial charge in [0.25, 0.3) is 10.2 Å². The number of hydrogen-bond donors (Lipinski definition) is 2. The quantitative estimate of drug-likeness (QED) is 0.667. The van der Waals surface area contributed by atoms with E-state index in [0.29, 0.717) is 5.92 Å². The minimum atomic E-state index is -3.52. The Morgan fingerprint density at radius 2 is 2.19 bits per heavy atom. The number of rotatable bonds is 7. The number of carboxylic acid groups (broad SMARTS) is 1. The van der Waals surface area contributed by atoms with Gasteiger partial charge >= 0.3 is 5.97 Å². The molecule has 1 rings (SSSR count). The fraction of sp³-hybridized carbons (Fsp3) is 0.889. The summed E-state index contributed by atoms with van der Waals surface area (Å²) in [6.45, 7) is 2.02. The van der Waals surface area contributed by atoms with Gasteiger partial charge in [-0.25, -0.2) is 0 Å². The van der Waals surface area contributed by atoms with Crippen LogP contribution in [0.3, 0.4) is 0 Å². The van der Waals surface area contributed by atoms with Gasteiger partial charge in [0.05, 0.1) is 6.42 Å². The van der Waals surface area contributed by atoms with Gasteiger partial charge in [-0.05, 0) is 12.3 Å². The molecule has 1 aliphatic carbocycles. The van der Waals surface area contributed by atoms with E-state index < -0.39 is 16.2 Å². The lowest BCUT2D eigenvalue weighted by Crippen LogP contribution is -2.40. The van der Waals surface area contributed by atoms with Crippen LogP contribution >= 0.6 is 0 Å². The highest BCUT2D eigenvalue weighted by molar-refractivity contribution is 7.87. The Hall–Kier alpha value is -0.660. The fourth-order valence-electron chi connectivity index (χ4n) is 1.50. The number of nitrogens with one attached hydrogen (secondary N) is 1. The summed E-state index contributed by atoms with van der Waals surface area (Å²) in [6, 6.07) is 0.0299. The average Bonchev–Trinajstić information content (AvgIpc) is 2.91. The lowest BCUT2D eigenvalue weighted by molar-refractivity contribution is -0.137. The molecule has 16 heavy (non-hydrogen) atoms. The standard InChI is InChI=1S/C9H18N2O4S/c1-3-7-6-8(7)10-16(14,15)11(2)5-4-9(12)13/h7-8,10H,3-6H2,1-2H3,(H,12,13). The molecule has 1 saturated carbocycles. The molecule has 0 saturated heterocycles. The lowest BCUT2D eigenvalue weighted by atomic mass is 10.3. The second-order valence-electron chi connectivity index (χ2n) is 4.10. The maximum absolute atomic E-state index is 11.7. The van der Waals surface area contributed by atoms with Crippen molar-refractivity contribution < 1.29 is 18.3 Å². The molecule has 7 heteroatoms. The van der Waals surface area contributed by atoms with Crippen LogP contribution in [0.2, 0.25) is 0 Å². The van der Waals surface area contributed by atoms with Crippen LogP contribution in [0.15, 0.2) is 0 Å². The Morgan fingerprint density at radius 1 is 1.56 bits per heavy atom. The van der Waals surface area contributed by atoms with Gasteiger partial charge in [0, 0.05) is 19.6 Å². The molecule has 0 aromatic carbocycles. The summed E-state index contributed by atoms with van der Waals surface area (Å²) < 4.78 is 27.0. The van der Waals surface area contributed by atoms with Gasteiger partial charge in [-0.1, -0.05) is 13.3 Å². The van der Waals surface area contributed by atoms with Crippen LogP contribution in [0.1, 0.15) is 26.2 Å². The Labute approximate surface area is 95.8 Å². The van der Waals surface area contributed by atoms with Crippen molar-refractivity contribution in [1.82, 2.24) is 9.03 Å². The minimum absolute atomic E-state index is 0.00578. The van der Waals surface area contributed by atoms with Crippen molar-refractivity contribution in [2.75, 3.05) is 13.6 Å². The van der Waals surface area contributed by atoms with Crippen molar-refractivity contribution in [2.24, 2.45) is 5.92 Å². The van der Waals surface area contributed by atoms with E-state index in [0.717, 1.165) is 17.1 Å². The molecule has 0 amide bonds. The number of carboxylic acids is 1. The molecule has 0 aromatic rings. The highest BCUT2D eigenvalue weighted by Crippen LogP contribution is 2.33. The van der Waals surface area contributed by atoms with Crippen molar-refractivity contribution in [1.29, 1.82) is 0 Å². The second kappa shape index (κ2) is 5.11. The molecule has 0 aromatic heterocycles. The third-order valence-electron chi connectivity index (χ3n) is 2.80. The fourth-order valence-corrected chi connectivity index (χ4v) is 2.68. The molecule has 2 N–H and O–H groups in total. The summed E-state index contributed by atoms with van der Waals surface area (Å²) in [4.78, 5) is 10.3. The first-order valence-electron chi connectivity index (χ1n) is 5.32. The predicted molar refractivity (Wildman–Crippen MR) is 59.1 cm³/mol. The molecule has 2 atom stereocenters. The van der Waals surface area contributed by atoms with Crippen LogP contribution in [-0.4, -0.2) is 43.4 Å². The molecule has 2 unspecified atom stereocenters. The average molecular weight is 250 g/mol. The molecule has 94 valence electrons. The van der Waals surface area contributed by atoms with E-state index in [4.69, 9.17) is 5.11 Å². The lowest BCUT2D eigenvalue weighted by Gasteiger charge is -2.16. The van der Waals surface area contributed by atoms with Crippen molar-refractivity contribution in [3.05, 3.63) is 0 Å². The molecule has 0 heterocycles. The van der Waals surface area contributed by atoms with Gasteiger partial charge < -0.3 is 5.11 Å². The predicted octanol–water partition coefficient (Wildman–Crippen LogP) is 0.0258. The van der Waals surface area contributed by atoms with E-state index in [-0.39, 0.29) is 19.0 Å². The van der Waals surface area contributed by atoms with E-state index in [1.165, 1.54) is 7.05 Å². The largest absolute Gasteiger partial charge is 0.481 e. The normalized spacial score (nSPS) is 24.7. The minimum Gasteiger partial charge on any atom is -0.481 e. The van der Waals surface area contributed by atoms with Gasteiger partial charge in [0.1, 0.15) is 0 Å². The molecule has 1 aliphatic rings. The molecular formula is C9H18N2O4S. The zero-order chi connectivity index (χ0) is 12.3. The first-order chi connectivity index (χ1) is 7.36. The zero-order valence-corrected chi connectivity index (χ0v) is 10.3. The molecule has 0 bridgehead atoms. The van der Waals surface area contributed by atoms with E-state index in [2.05, 4.69) is 4.72 Å². The smallest absolute Gasteiger partial charge is 0.304 e. The molecule has 0 aliphatic heterocycles. The molecular weight excluding hydrogens is 232 g/mol. The Morgan fingerprint density at radius 3 is 2.62 bits per heavy atom. The van der Waals surface area contributed by atoms with Gasteiger partial charge in [-0.2, -0.15) is 17.4 Å².